The number of H-pyrrole nitrogens is 1. The van der Waals surface area contributed by atoms with Crippen LogP contribution in [0.2, 0.25) is 0 Å². The van der Waals surface area contributed by atoms with E-state index in [0.29, 0.717) is 17.2 Å². The van der Waals surface area contributed by atoms with Crippen molar-refractivity contribution in [3.8, 4) is 11.3 Å². The number of fused-ring (bicyclic) bond motifs is 1. The van der Waals surface area contributed by atoms with Crippen molar-refractivity contribution in [1.29, 1.82) is 0 Å². The molecule has 1 aliphatic rings. The highest BCUT2D eigenvalue weighted by molar-refractivity contribution is 9.10. The van der Waals surface area contributed by atoms with Crippen LogP contribution in [0.5, 0.6) is 0 Å². The Morgan fingerprint density at radius 1 is 1.21 bits per heavy atom. The third-order valence-electron chi connectivity index (χ3n) is 5.71. The van der Waals surface area contributed by atoms with E-state index in [1.807, 2.05) is 18.2 Å². The Bertz CT molecular complexity index is 1350. The first kappa shape index (κ1) is 20.9. The number of nitrogen functional groups attached to an aromatic ring is 1. The maximum atomic E-state index is 12.9. The maximum absolute atomic E-state index is 12.9. The first-order valence-electron chi connectivity index (χ1n) is 10.1. The molecule has 3 heterocycles. The SMILES string of the molecule is Nc1n[nH]c2cc(-c3cn([C@H]4C[C@@H](C(=O)Nc5ccc(Br)cc5)N(C(=O)O)C4)nn3)ccc12. The van der Waals surface area contributed by atoms with Crippen LogP contribution in [-0.2, 0) is 4.79 Å². The number of nitrogens with two attached hydrogens (primary N) is 1. The molecule has 0 saturated carbocycles. The number of carbonyl (C=O) groups is 2. The Morgan fingerprint density at radius 3 is 2.76 bits per heavy atom. The molecule has 0 spiro atoms. The minimum Gasteiger partial charge on any atom is -0.465 e. The van der Waals surface area contributed by atoms with Crippen molar-refractivity contribution in [2.45, 2.75) is 18.5 Å². The number of aromatic amines is 1. The first-order chi connectivity index (χ1) is 15.9. The molecule has 5 N–H and O–H groups in total. The number of carbonyl (C=O) groups excluding carboxylic acids is 1. The zero-order chi connectivity index (χ0) is 23.1. The van der Waals surface area contributed by atoms with Gasteiger partial charge in [0.1, 0.15) is 11.7 Å². The molecule has 11 nitrogen and oxygen atoms in total. The molecule has 1 aliphatic heterocycles. The highest BCUT2D eigenvalue weighted by Crippen LogP contribution is 2.30. The number of halogens is 1. The number of aromatic nitrogens is 5. The van der Waals surface area contributed by atoms with Crippen LogP contribution < -0.4 is 11.1 Å². The second kappa shape index (κ2) is 8.20. The molecule has 0 radical (unpaired) electrons. The fraction of sp³-hybridized carbons (Fsp3) is 0.190. The lowest BCUT2D eigenvalue weighted by atomic mass is 10.1. The average molecular weight is 511 g/mol. The summed E-state index contributed by atoms with van der Waals surface area (Å²) in [5.74, 6) is 0.0391. The van der Waals surface area contributed by atoms with Crippen LogP contribution >= 0.6 is 15.9 Å². The van der Waals surface area contributed by atoms with E-state index < -0.39 is 12.1 Å². The number of carboxylic acid groups (broad SMARTS) is 1. The van der Waals surface area contributed by atoms with E-state index in [2.05, 4.69) is 41.8 Å². The monoisotopic (exact) mass is 510 g/mol. The van der Waals surface area contributed by atoms with E-state index in [1.54, 1.807) is 35.1 Å². The Labute approximate surface area is 195 Å². The summed E-state index contributed by atoms with van der Waals surface area (Å²) < 4.78 is 2.50. The molecule has 168 valence electrons. The Morgan fingerprint density at radius 2 is 2.00 bits per heavy atom. The van der Waals surface area contributed by atoms with Gasteiger partial charge in [-0.15, -0.1) is 5.10 Å². The van der Waals surface area contributed by atoms with Gasteiger partial charge >= 0.3 is 6.09 Å². The Balaban J connectivity index is 1.35. The molecule has 2 aromatic heterocycles. The summed E-state index contributed by atoms with van der Waals surface area (Å²) in [6.07, 6.45) is 0.879. The van der Waals surface area contributed by atoms with Crippen LogP contribution in [0.25, 0.3) is 22.2 Å². The van der Waals surface area contributed by atoms with Gasteiger partial charge in [-0.2, -0.15) is 5.10 Å². The minimum atomic E-state index is -1.16. The lowest BCUT2D eigenvalue weighted by Crippen LogP contribution is -2.42. The van der Waals surface area contributed by atoms with Gasteiger partial charge in [0.2, 0.25) is 5.91 Å². The van der Waals surface area contributed by atoms with Crippen molar-refractivity contribution in [3.05, 3.63) is 53.1 Å². The molecule has 0 bridgehead atoms. The molecule has 2 amide bonds. The highest BCUT2D eigenvalue weighted by atomic mass is 79.9. The van der Waals surface area contributed by atoms with E-state index >= 15 is 0 Å². The summed E-state index contributed by atoms with van der Waals surface area (Å²) in [4.78, 5) is 25.8. The van der Waals surface area contributed by atoms with Crippen molar-refractivity contribution in [1.82, 2.24) is 30.1 Å². The number of rotatable bonds is 4. The van der Waals surface area contributed by atoms with Crippen LogP contribution in [0.1, 0.15) is 12.5 Å². The second-order valence-corrected chi connectivity index (χ2v) is 8.71. The molecule has 12 heteroatoms. The lowest BCUT2D eigenvalue weighted by molar-refractivity contribution is -0.119. The third-order valence-corrected chi connectivity index (χ3v) is 6.24. The summed E-state index contributed by atoms with van der Waals surface area (Å²) in [7, 11) is 0. The molecular formula is C21H19BrN8O3. The van der Waals surface area contributed by atoms with Gasteiger partial charge in [0.25, 0.3) is 0 Å². The van der Waals surface area contributed by atoms with E-state index in [0.717, 1.165) is 25.8 Å². The Kier molecular flexibility index (Phi) is 5.21. The van der Waals surface area contributed by atoms with Gasteiger partial charge in [-0.05, 0) is 36.4 Å². The molecule has 5 rings (SSSR count). The maximum Gasteiger partial charge on any atom is 0.408 e. The number of nitrogens with one attached hydrogen (secondary N) is 2. The summed E-state index contributed by atoms with van der Waals surface area (Å²) in [6.45, 7) is 0.132. The van der Waals surface area contributed by atoms with Gasteiger partial charge < -0.3 is 16.2 Å². The zero-order valence-corrected chi connectivity index (χ0v) is 18.7. The van der Waals surface area contributed by atoms with Crippen molar-refractivity contribution < 1.29 is 14.7 Å². The summed E-state index contributed by atoms with van der Waals surface area (Å²) in [5, 5.41) is 28.6. The fourth-order valence-electron chi connectivity index (χ4n) is 4.01. The van der Waals surface area contributed by atoms with Crippen molar-refractivity contribution >= 4 is 50.3 Å². The average Bonchev–Trinajstić information content (AvgIpc) is 3.53. The van der Waals surface area contributed by atoms with Crippen LogP contribution in [-0.4, -0.2) is 59.8 Å². The van der Waals surface area contributed by atoms with Crippen LogP contribution in [0, 0.1) is 0 Å². The molecule has 2 atom stereocenters. The number of likely N-dealkylation sites (tertiary alicyclic amines) is 1. The highest BCUT2D eigenvalue weighted by Gasteiger charge is 2.41. The Hall–Kier alpha value is -3.93. The molecule has 1 saturated heterocycles. The topological polar surface area (TPSA) is 155 Å². The first-order valence-corrected chi connectivity index (χ1v) is 10.9. The van der Waals surface area contributed by atoms with Gasteiger partial charge in [0.05, 0.1) is 17.8 Å². The van der Waals surface area contributed by atoms with E-state index in [1.165, 1.54) is 0 Å². The largest absolute Gasteiger partial charge is 0.465 e. The normalized spacial score (nSPS) is 18.0. The number of benzene rings is 2. The second-order valence-electron chi connectivity index (χ2n) is 7.79. The molecule has 0 unspecified atom stereocenters. The predicted octanol–water partition coefficient (Wildman–Crippen LogP) is 3.10. The van der Waals surface area contributed by atoms with Crippen LogP contribution in [0.15, 0.2) is 53.1 Å². The summed E-state index contributed by atoms with van der Waals surface area (Å²) in [6, 6.07) is 11.5. The fourth-order valence-corrected chi connectivity index (χ4v) is 4.28. The van der Waals surface area contributed by atoms with Crippen LogP contribution in [0.4, 0.5) is 16.3 Å². The van der Waals surface area contributed by atoms with Gasteiger partial charge in [0.15, 0.2) is 5.82 Å². The molecule has 2 aromatic carbocycles. The van der Waals surface area contributed by atoms with Crippen molar-refractivity contribution in [3.63, 3.8) is 0 Å². The molecular weight excluding hydrogens is 492 g/mol. The zero-order valence-electron chi connectivity index (χ0n) is 17.1. The molecule has 33 heavy (non-hydrogen) atoms. The lowest BCUT2D eigenvalue weighted by Gasteiger charge is -2.20. The predicted molar refractivity (Wildman–Crippen MR) is 124 cm³/mol. The third kappa shape index (κ3) is 4.00. The van der Waals surface area contributed by atoms with Crippen molar-refractivity contribution in [2.75, 3.05) is 17.6 Å². The number of hydrogen-bond acceptors (Lipinski definition) is 6. The quantitative estimate of drug-likeness (QED) is 0.328. The van der Waals surface area contributed by atoms with Crippen LogP contribution in [0.3, 0.4) is 0 Å². The van der Waals surface area contributed by atoms with Crippen molar-refractivity contribution in [2.24, 2.45) is 0 Å². The molecule has 4 aromatic rings. The number of amides is 2. The van der Waals surface area contributed by atoms with Gasteiger partial charge in [-0.1, -0.05) is 27.2 Å². The number of anilines is 2. The van der Waals surface area contributed by atoms with Gasteiger partial charge in [0, 0.05) is 34.1 Å². The minimum absolute atomic E-state index is 0.132. The number of hydrogen-bond donors (Lipinski definition) is 4. The number of nitrogens with zero attached hydrogens (tertiary/aromatic N) is 5. The summed E-state index contributed by atoms with van der Waals surface area (Å²) >= 11 is 3.35. The summed E-state index contributed by atoms with van der Waals surface area (Å²) in [5.41, 5.74) is 8.63. The van der Waals surface area contributed by atoms with E-state index in [4.69, 9.17) is 5.73 Å². The van der Waals surface area contributed by atoms with Gasteiger partial charge in [-0.3, -0.25) is 14.8 Å². The van der Waals surface area contributed by atoms with Gasteiger partial charge in [-0.25, -0.2) is 9.48 Å². The standard InChI is InChI=1S/C21H19BrN8O3/c22-12-2-4-13(5-3-12)24-20(31)18-8-14(9-29(18)21(32)33)30-10-17(26-28-30)11-1-6-15-16(7-11)25-27-19(15)23/h1-7,10,14,18H,8-9H2,(H,24,31)(H,32,33)(H3,23,25,27)/t14-,18-/m0/s1. The smallest absolute Gasteiger partial charge is 0.408 e. The van der Waals surface area contributed by atoms with E-state index in [-0.39, 0.29) is 24.9 Å². The molecule has 0 aliphatic carbocycles. The van der Waals surface area contributed by atoms with E-state index in [9.17, 15) is 14.7 Å². The molecule has 1 fully saturated rings.